The van der Waals surface area contributed by atoms with Gasteiger partial charge in [-0.2, -0.15) is 0 Å². The number of aryl methyl sites for hydroxylation is 2. The molecule has 2 fully saturated rings. The highest BCUT2D eigenvalue weighted by Gasteiger charge is 2.29. The molecule has 0 radical (unpaired) electrons. The van der Waals surface area contributed by atoms with Crippen LogP contribution in [0.3, 0.4) is 0 Å². The molecule has 3 aromatic rings. The summed E-state index contributed by atoms with van der Waals surface area (Å²) in [4.78, 5) is 21.9. The normalized spacial score (nSPS) is 20.9. The van der Waals surface area contributed by atoms with E-state index in [1.54, 1.807) is 0 Å². The van der Waals surface area contributed by atoms with E-state index in [1.807, 2.05) is 20.0 Å². The molecule has 152 valence electrons. The number of aromatic nitrogens is 4. The Morgan fingerprint density at radius 1 is 1.14 bits per heavy atom. The van der Waals surface area contributed by atoms with Crippen molar-refractivity contribution >= 4 is 17.1 Å². The molecule has 3 aromatic heterocycles. The molecule has 2 aliphatic rings. The largest absolute Gasteiger partial charge is 0.361 e. The molecule has 1 aliphatic heterocycles. The maximum Gasteiger partial charge on any atom is 0.220 e. The summed E-state index contributed by atoms with van der Waals surface area (Å²) in [5.74, 6) is 1.87. The molecule has 0 bridgehead atoms. The zero-order chi connectivity index (χ0) is 20.0. The summed E-state index contributed by atoms with van der Waals surface area (Å²) in [7, 11) is 0. The zero-order valence-electron chi connectivity index (χ0n) is 17.1. The predicted octanol–water partition coefficient (Wildman–Crippen LogP) is 4.55. The van der Waals surface area contributed by atoms with E-state index in [4.69, 9.17) is 14.5 Å². The van der Waals surface area contributed by atoms with Crippen LogP contribution in [0.4, 0.5) is 0 Å². The van der Waals surface area contributed by atoms with Gasteiger partial charge in [0.2, 0.25) is 5.91 Å². The number of rotatable bonds is 3. The summed E-state index contributed by atoms with van der Waals surface area (Å²) < 4.78 is 7.66. The molecule has 29 heavy (non-hydrogen) atoms. The average Bonchev–Trinajstić information content (AvgIpc) is 3.28. The molecule has 1 amide bonds. The van der Waals surface area contributed by atoms with E-state index in [0.29, 0.717) is 12.5 Å². The molecule has 1 atom stereocenters. The van der Waals surface area contributed by atoms with Crippen LogP contribution in [0.2, 0.25) is 0 Å². The van der Waals surface area contributed by atoms with Gasteiger partial charge in [-0.15, -0.1) is 0 Å². The van der Waals surface area contributed by atoms with Crippen molar-refractivity contribution in [1.29, 1.82) is 0 Å². The van der Waals surface area contributed by atoms with Gasteiger partial charge in [-0.25, -0.2) is 9.97 Å². The molecule has 0 aromatic carbocycles. The number of amides is 1. The number of nitrogens with one attached hydrogen (secondary N) is 1. The van der Waals surface area contributed by atoms with Crippen LogP contribution >= 0.6 is 0 Å². The van der Waals surface area contributed by atoms with Gasteiger partial charge in [0, 0.05) is 29.8 Å². The van der Waals surface area contributed by atoms with Gasteiger partial charge >= 0.3 is 0 Å². The van der Waals surface area contributed by atoms with Crippen molar-refractivity contribution in [2.24, 2.45) is 0 Å². The fourth-order valence-corrected chi connectivity index (χ4v) is 4.98. The van der Waals surface area contributed by atoms with E-state index in [2.05, 4.69) is 21.1 Å². The lowest BCUT2D eigenvalue weighted by Crippen LogP contribution is -2.34. The first-order valence-corrected chi connectivity index (χ1v) is 10.7. The number of nitrogens with zero attached hydrogens (tertiary/aromatic N) is 4. The van der Waals surface area contributed by atoms with Crippen molar-refractivity contribution in [2.45, 2.75) is 77.3 Å². The highest BCUT2D eigenvalue weighted by Crippen LogP contribution is 2.36. The monoisotopic (exact) mass is 393 g/mol. The Morgan fingerprint density at radius 3 is 2.69 bits per heavy atom. The first kappa shape index (κ1) is 18.3. The zero-order valence-corrected chi connectivity index (χ0v) is 17.1. The smallest absolute Gasteiger partial charge is 0.220 e. The lowest BCUT2D eigenvalue weighted by atomic mass is 9.94. The maximum absolute atomic E-state index is 12.1. The highest BCUT2D eigenvalue weighted by molar-refractivity contribution is 5.81. The van der Waals surface area contributed by atoms with Crippen LogP contribution in [0, 0.1) is 13.8 Å². The Balaban J connectivity index is 1.64. The fourth-order valence-electron chi connectivity index (χ4n) is 4.98. The molecular weight excluding hydrogens is 366 g/mol. The lowest BCUT2D eigenvalue weighted by Gasteiger charge is -2.29. The third kappa shape index (κ3) is 3.22. The molecule has 1 saturated heterocycles. The summed E-state index contributed by atoms with van der Waals surface area (Å²) in [6.07, 6.45) is 10.4. The summed E-state index contributed by atoms with van der Waals surface area (Å²) in [6, 6.07) is 2.46. The molecule has 7 nitrogen and oxygen atoms in total. The van der Waals surface area contributed by atoms with E-state index >= 15 is 0 Å². The second-order valence-electron chi connectivity index (χ2n) is 8.41. The van der Waals surface area contributed by atoms with Crippen LogP contribution in [-0.2, 0) is 4.79 Å². The van der Waals surface area contributed by atoms with Crippen LogP contribution in [0.1, 0.15) is 80.7 Å². The van der Waals surface area contributed by atoms with E-state index in [1.165, 1.54) is 19.3 Å². The number of piperidine rings is 1. The number of fused-ring (bicyclic) bond motifs is 1. The van der Waals surface area contributed by atoms with Gasteiger partial charge in [0.1, 0.15) is 17.1 Å². The second-order valence-corrected chi connectivity index (χ2v) is 8.41. The topological polar surface area (TPSA) is 85.8 Å². The quantitative estimate of drug-likeness (QED) is 0.705. The molecule has 1 saturated carbocycles. The fraction of sp³-hybridized carbons (Fsp3) is 0.545. The van der Waals surface area contributed by atoms with Crippen molar-refractivity contribution in [2.75, 3.05) is 0 Å². The van der Waals surface area contributed by atoms with Gasteiger partial charge in [-0.05, 0) is 45.6 Å². The Bertz CT molecular complexity index is 1040. The molecule has 0 spiro atoms. The first-order chi connectivity index (χ1) is 14.1. The van der Waals surface area contributed by atoms with Crippen LogP contribution in [0.5, 0.6) is 0 Å². The Hall–Kier alpha value is -2.70. The van der Waals surface area contributed by atoms with Gasteiger partial charge in [0.05, 0.1) is 11.7 Å². The molecular formula is C22H27N5O2. The molecule has 0 unspecified atom stereocenters. The van der Waals surface area contributed by atoms with Gasteiger partial charge < -0.3 is 14.4 Å². The van der Waals surface area contributed by atoms with Crippen molar-refractivity contribution in [1.82, 2.24) is 25.0 Å². The third-order valence-electron chi connectivity index (χ3n) is 6.36. The number of carbonyl (C=O) groups excluding carboxylic acids is 1. The van der Waals surface area contributed by atoms with Crippen molar-refractivity contribution in [3.8, 4) is 11.1 Å². The number of imidazole rings is 1. The summed E-state index contributed by atoms with van der Waals surface area (Å²) in [5.41, 5.74) is 4.61. The van der Waals surface area contributed by atoms with Gasteiger partial charge in [-0.3, -0.25) is 4.79 Å². The van der Waals surface area contributed by atoms with Gasteiger partial charge in [0.15, 0.2) is 5.65 Å². The Kier molecular flexibility index (Phi) is 4.60. The van der Waals surface area contributed by atoms with E-state index < -0.39 is 0 Å². The standard InChI is InChI=1S/C22H27N5O2/c1-13-20(14(2)29-26-13)15-11-18-21(23-12-15)27(16-7-4-3-5-8-16)22(25-18)17-9-6-10-19(28)24-17/h11-12,16-17H,3-10H2,1-2H3,(H,24,28)/t17-/m0/s1. The van der Waals surface area contributed by atoms with Crippen LogP contribution in [0.25, 0.3) is 22.3 Å². The van der Waals surface area contributed by atoms with Gasteiger partial charge in [0.25, 0.3) is 0 Å². The van der Waals surface area contributed by atoms with E-state index in [-0.39, 0.29) is 11.9 Å². The summed E-state index contributed by atoms with van der Waals surface area (Å²) >= 11 is 0. The van der Waals surface area contributed by atoms with Gasteiger partial charge in [-0.1, -0.05) is 24.4 Å². The number of hydrogen-bond donors (Lipinski definition) is 1. The van der Waals surface area contributed by atoms with Crippen molar-refractivity contribution in [3.05, 3.63) is 29.5 Å². The average molecular weight is 393 g/mol. The van der Waals surface area contributed by atoms with E-state index in [9.17, 15) is 4.79 Å². The van der Waals surface area contributed by atoms with Crippen LogP contribution in [0.15, 0.2) is 16.8 Å². The minimum Gasteiger partial charge on any atom is -0.361 e. The molecule has 1 N–H and O–H groups in total. The van der Waals surface area contributed by atoms with Crippen molar-refractivity contribution in [3.63, 3.8) is 0 Å². The van der Waals surface area contributed by atoms with E-state index in [0.717, 1.165) is 65.3 Å². The molecule has 5 rings (SSSR count). The number of carbonyl (C=O) groups is 1. The van der Waals surface area contributed by atoms with Crippen molar-refractivity contribution < 1.29 is 9.32 Å². The summed E-state index contributed by atoms with van der Waals surface area (Å²) in [5, 5.41) is 7.23. The molecule has 1 aliphatic carbocycles. The number of pyridine rings is 1. The Morgan fingerprint density at radius 2 is 1.97 bits per heavy atom. The SMILES string of the molecule is Cc1noc(C)c1-c1cnc2c(c1)nc([C@@H]1CCCC(=O)N1)n2C1CCCCC1. The summed E-state index contributed by atoms with van der Waals surface area (Å²) in [6.45, 7) is 3.86. The van der Waals surface area contributed by atoms with Crippen LogP contribution < -0.4 is 5.32 Å². The molecule has 4 heterocycles. The first-order valence-electron chi connectivity index (χ1n) is 10.7. The minimum atomic E-state index is -0.0325. The molecule has 7 heteroatoms. The lowest BCUT2D eigenvalue weighted by molar-refractivity contribution is -0.123. The second kappa shape index (κ2) is 7.28. The van der Waals surface area contributed by atoms with Crippen LogP contribution in [-0.4, -0.2) is 25.6 Å². The maximum atomic E-state index is 12.1. The highest BCUT2D eigenvalue weighted by atomic mass is 16.5. The minimum absolute atomic E-state index is 0.0325. The number of hydrogen-bond acceptors (Lipinski definition) is 5. The third-order valence-corrected chi connectivity index (χ3v) is 6.36. The predicted molar refractivity (Wildman–Crippen MR) is 109 cm³/mol. The Labute approximate surface area is 169 Å².